The number of likely N-dealkylation sites (tertiary alicyclic amines) is 2. The molecule has 164 valence electrons. The van der Waals surface area contributed by atoms with Crippen LogP contribution in [0.25, 0.3) is 0 Å². The summed E-state index contributed by atoms with van der Waals surface area (Å²) in [5.74, 6) is 2.17. The maximum absolute atomic E-state index is 6.28. The zero-order valence-electron chi connectivity index (χ0n) is 17.9. The molecule has 0 bridgehead atoms. The fourth-order valence-electron chi connectivity index (χ4n) is 4.69. The van der Waals surface area contributed by atoms with Crippen molar-refractivity contribution in [2.45, 2.75) is 32.2 Å². The average Bonchev–Trinajstić information content (AvgIpc) is 3.15. The molecule has 2 aliphatic heterocycles. The van der Waals surface area contributed by atoms with Crippen molar-refractivity contribution in [3.05, 3.63) is 34.9 Å². The third-order valence-electron chi connectivity index (χ3n) is 6.07. The number of hydrogen-bond donors (Lipinski definition) is 1. The summed E-state index contributed by atoms with van der Waals surface area (Å²) in [7, 11) is 4.12. The van der Waals surface area contributed by atoms with Crippen LogP contribution in [0.3, 0.4) is 0 Å². The highest BCUT2D eigenvalue weighted by Gasteiger charge is 2.31. The summed E-state index contributed by atoms with van der Waals surface area (Å²) in [6.07, 6.45) is 3.63. The summed E-state index contributed by atoms with van der Waals surface area (Å²) in [6.45, 7) is 7.86. The highest BCUT2D eigenvalue weighted by molar-refractivity contribution is 14.0. The van der Waals surface area contributed by atoms with E-state index < -0.39 is 0 Å². The first kappa shape index (κ1) is 24.7. The number of piperidine rings is 1. The maximum atomic E-state index is 6.28. The monoisotopic (exact) mass is 534 g/mol. The summed E-state index contributed by atoms with van der Waals surface area (Å²) in [6, 6.07) is 8.73. The predicted octanol–water partition coefficient (Wildman–Crippen LogP) is 4.27. The second-order valence-corrected chi connectivity index (χ2v) is 8.51. The molecule has 1 aromatic rings. The molecule has 3 atom stereocenters. The number of rotatable bonds is 6. The van der Waals surface area contributed by atoms with Crippen LogP contribution in [0.2, 0.25) is 5.02 Å². The number of guanidine groups is 1. The maximum Gasteiger partial charge on any atom is 0.193 e. The van der Waals surface area contributed by atoms with Gasteiger partial charge in [-0.2, -0.15) is 0 Å². The molecular formula is C22H36ClIN4O. The minimum Gasteiger partial charge on any atom is -0.381 e. The number of hydrogen-bond acceptors (Lipinski definition) is 3. The highest BCUT2D eigenvalue weighted by atomic mass is 127. The van der Waals surface area contributed by atoms with Gasteiger partial charge in [-0.25, -0.2) is 0 Å². The van der Waals surface area contributed by atoms with Crippen LogP contribution in [-0.2, 0) is 4.74 Å². The molecule has 0 amide bonds. The first-order valence-electron chi connectivity index (χ1n) is 10.6. The van der Waals surface area contributed by atoms with Crippen LogP contribution in [0, 0.1) is 11.8 Å². The molecule has 3 rings (SSSR count). The summed E-state index contributed by atoms with van der Waals surface area (Å²) in [5, 5.41) is 4.48. The fourth-order valence-corrected chi connectivity index (χ4v) is 4.89. The Hall–Kier alpha value is -0.570. The summed E-state index contributed by atoms with van der Waals surface area (Å²) >= 11 is 6.28. The van der Waals surface area contributed by atoms with E-state index in [0.717, 1.165) is 50.4 Å². The van der Waals surface area contributed by atoms with Crippen molar-refractivity contribution in [2.75, 3.05) is 53.5 Å². The molecule has 2 saturated heterocycles. The predicted molar refractivity (Wildman–Crippen MR) is 132 cm³/mol. The van der Waals surface area contributed by atoms with Gasteiger partial charge in [0.1, 0.15) is 0 Å². The van der Waals surface area contributed by atoms with E-state index in [1.165, 1.54) is 24.8 Å². The minimum atomic E-state index is 0. The lowest BCUT2D eigenvalue weighted by Crippen LogP contribution is -2.46. The molecule has 1 aromatic carbocycles. The Bertz CT molecular complexity index is 659. The molecule has 0 aromatic heterocycles. The SMILES string of the molecule is CCOCC1CCN(C(=NC)NCC2CCCN(C)C2c2cccc(Cl)c2)C1.I. The highest BCUT2D eigenvalue weighted by Crippen LogP contribution is 2.35. The van der Waals surface area contributed by atoms with Crippen LogP contribution in [0.5, 0.6) is 0 Å². The number of aliphatic imine (C=N–C) groups is 1. The van der Waals surface area contributed by atoms with Gasteiger partial charge in [0.2, 0.25) is 0 Å². The average molecular weight is 535 g/mol. The van der Waals surface area contributed by atoms with Crippen LogP contribution in [0.1, 0.15) is 37.8 Å². The van der Waals surface area contributed by atoms with Gasteiger partial charge in [0, 0.05) is 50.3 Å². The summed E-state index contributed by atoms with van der Waals surface area (Å²) < 4.78 is 5.62. The van der Waals surface area contributed by atoms with E-state index in [2.05, 4.69) is 52.3 Å². The van der Waals surface area contributed by atoms with E-state index in [0.29, 0.717) is 17.9 Å². The van der Waals surface area contributed by atoms with E-state index in [1.807, 2.05) is 13.1 Å². The first-order chi connectivity index (χ1) is 13.6. The summed E-state index contributed by atoms with van der Waals surface area (Å²) in [4.78, 5) is 9.41. The smallest absolute Gasteiger partial charge is 0.193 e. The minimum absolute atomic E-state index is 0. The van der Waals surface area contributed by atoms with Crippen molar-refractivity contribution in [1.29, 1.82) is 0 Å². The lowest BCUT2D eigenvalue weighted by Gasteiger charge is -2.40. The van der Waals surface area contributed by atoms with Crippen LogP contribution >= 0.6 is 35.6 Å². The molecule has 7 heteroatoms. The van der Waals surface area contributed by atoms with Gasteiger partial charge >= 0.3 is 0 Å². The lowest BCUT2D eigenvalue weighted by atomic mass is 9.85. The zero-order valence-corrected chi connectivity index (χ0v) is 21.0. The molecule has 29 heavy (non-hydrogen) atoms. The van der Waals surface area contributed by atoms with Crippen molar-refractivity contribution in [3.8, 4) is 0 Å². The molecule has 0 spiro atoms. The van der Waals surface area contributed by atoms with Crippen LogP contribution in [0.4, 0.5) is 0 Å². The van der Waals surface area contributed by atoms with E-state index in [4.69, 9.17) is 16.3 Å². The topological polar surface area (TPSA) is 40.1 Å². The molecule has 0 aliphatic carbocycles. The quantitative estimate of drug-likeness (QED) is 0.336. The van der Waals surface area contributed by atoms with Gasteiger partial charge in [-0.1, -0.05) is 23.7 Å². The molecule has 0 saturated carbocycles. The number of ether oxygens (including phenoxy) is 1. The molecule has 2 fully saturated rings. The van der Waals surface area contributed by atoms with Gasteiger partial charge in [0.05, 0.1) is 6.61 Å². The molecule has 2 heterocycles. The largest absolute Gasteiger partial charge is 0.381 e. The Labute approximate surface area is 198 Å². The number of benzene rings is 1. The second kappa shape index (κ2) is 12.3. The summed E-state index contributed by atoms with van der Waals surface area (Å²) in [5.41, 5.74) is 1.31. The molecule has 1 N–H and O–H groups in total. The van der Waals surface area contributed by atoms with E-state index >= 15 is 0 Å². The molecule has 0 radical (unpaired) electrons. The Morgan fingerprint density at radius 3 is 2.86 bits per heavy atom. The van der Waals surface area contributed by atoms with Crippen molar-refractivity contribution < 1.29 is 4.74 Å². The van der Waals surface area contributed by atoms with Crippen molar-refractivity contribution in [2.24, 2.45) is 16.8 Å². The van der Waals surface area contributed by atoms with Gasteiger partial charge in [-0.15, -0.1) is 24.0 Å². The molecular weight excluding hydrogens is 499 g/mol. The number of nitrogens with one attached hydrogen (secondary N) is 1. The van der Waals surface area contributed by atoms with Crippen LogP contribution in [-0.4, -0.2) is 69.2 Å². The zero-order chi connectivity index (χ0) is 19.9. The van der Waals surface area contributed by atoms with Gasteiger partial charge in [0.25, 0.3) is 0 Å². The lowest BCUT2D eigenvalue weighted by molar-refractivity contribution is 0.114. The van der Waals surface area contributed by atoms with Gasteiger partial charge in [-0.3, -0.25) is 9.89 Å². The Kier molecular flexibility index (Phi) is 10.5. The molecule has 5 nitrogen and oxygen atoms in total. The van der Waals surface area contributed by atoms with Crippen LogP contribution < -0.4 is 5.32 Å². The molecule has 3 unspecified atom stereocenters. The normalized spacial score (nSPS) is 25.7. The Morgan fingerprint density at radius 2 is 2.14 bits per heavy atom. The Balaban J connectivity index is 0.00000300. The van der Waals surface area contributed by atoms with Gasteiger partial charge in [0.15, 0.2) is 5.96 Å². The standard InChI is InChI=1S/C22H35ClN4O.HI/c1-4-28-16-17-10-12-27(15-17)22(24-2)25-14-19-8-6-11-26(3)21(19)18-7-5-9-20(23)13-18;/h5,7,9,13,17,19,21H,4,6,8,10-12,14-16H2,1-3H3,(H,24,25);1H. The van der Waals surface area contributed by atoms with Crippen LogP contribution in [0.15, 0.2) is 29.3 Å². The van der Waals surface area contributed by atoms with Crippen molar-refractivity contribution in [3.63, 3.8) is 0 Å². The first-order valence-corrected chi connectivity index (χ1v) is 11.0. The van der Waals surface area contributed by atoms with Gasteiger partial charge < -0.3 is 15.0 Å². The van der Waals surface area contributed by atoms with E-state index in [9.17, 15) is 0 Å². The third kappa shape index (κ3) is 6.71. The Morgan fingerprint density at radius 1 is 1.31 bits per heavy atom. The van der Waals surface area contributed by atoms with Gasteiger partial charge in [-0.05, 0) is 63.4 Å². The number of halogens is 2. The van der Waals surface area contributed by atoms with Crippen molar-refractivity contribution >= 4 is 41.5 Å². The fraction of sp³-hybridized carbons (Fsp3) is 0.682. The van der Waals surface area contributed by atoms with E-state index in [1.54, 1.807) is 0 Å². The van der Waals surface area contributed by atoms with E-state index in [-0.39, 0.29) is 24.0 Å². The molecule has 2 aliphatic rings. The third-order valence-corrected chi connectivity index (χ3v) is 6.31. The number of nitrogens with zero attached hydrogens (tertiary/aromatic N) is 3. The second-order valence-electron chi connectivity index (χ2n) is 8.07. The van der Waals surface area contributed by atoms with Crippen molar-refractivity contribution in [1.82, 2.24) is 15.1 Å².